The molecule has 1 unspecified atom stereocenters. The number of nitrogens with zero attached hydrogens (tertiary/aromatic N) is 2. The van der Waals surface area contributed by atoms with Crippen LogP contribution in [0.2, 0.25) is 0 Å². The number of benzene rings is 2. The summed E-state index contributed by atoms with van der Waals surface area (Å²) in [5.74, 6) is -2.70. The molecular formula is C22H23FN2O5. The normalized spacial score (nSPS) is 18.3. The second-order valence-corrected chi connectivity index (χ2v) is 7.23. The first-order valence-electron chi connectivity index (χ1n) is 9.30. The number of likely N-dealkylation sites (tertiary alicyclic amines) is 1. The number of Topliss-reactive ketones (excluding diaryl/α,β-unsaturated/α-hetero) is 1. The number of halogens is 1. The standard InChI is InChI=1S/C22H23FN2O5/c1-24(2)9-10-25-19(13-5-4-6-14(23)11-13)18(21(28)22(25)29)20(27)16-8-7-15(30-3)12-17(16)26/h4-8,11-12,19,26-27H,9-10H2,1-3H3. The van der Waals surface area contributed by atoms with E-state index in [1.54, 1.807) is 6.07 Å². The Balaban J connectivity index is 2.17. The Morgan fingerprint density at radius 2 is 1.93 bits per heavy atom. The van der Waals surface area contributed by atoms with Gasteiger partial charge in [-0.1, -0.05) is 12.1 Å². The van der Waals surface area contributed by atoms with E-state index in [2.05, 4.69) is 0 Å². The molecule has 0 bridgehead atoms. The predicted molar refractivity (Wildman–Crippen MR) is 109 cm³/mol. The highest BCUT2D eigenvalue weighted by Gasteiger charge is 2.46. The molecule has 0 spiro atoms. The Morgan fingerprint density at radius 3 is 2.53 bits per heavy atom. The molecule has 1 atom stereocenters. The van der Waals surface area contributed by atoms with Crippen LogP contribution in [0.3, 0.4) is 0 Å². The molecule has 0 radical (unpaired) electrons. The number of hydrogen-bond donors (Lipinski definition) is 2. The molecule has 158 valence electrons. The zero-order chi connectivity index (χ0) is 22.0. The van der Waals surface area contributed by atoms with Gasteiger partial charge in [-0.25, -0.2) is 4.39 Å². The number of ketones is 1. The summed E-state index contributed by atoms with van der Waals surface area (Å²) in [6, 6.07) is 8.74. The number of likely N-dealkylation sites (N-methyl/N-ethyl adjacent to an activating group) is 1. The summed E-state index contributed by atoms with van der Waals surface area (Å²) in [6.45, 7) is 0.663. The van der Waals surface area contributed by atoms with Gasteiger partial charge in [0.15, 0.2) is 0 Å². The van der Waals surface area contributed by atoms with Gasteiger partial charge in [0.2, 0.25) is 0 Å². The number of carbonyl (C=O) groups is 2. The average Bonchev–Trinajstić information content (AvgIpc) is 2.96. The summed E-state index contributed by atoms with van der Waals surface area (Å²) >= 11 is 0. The van der Waals surface area contributed by atoms with Crippen LogP contribution in [0.4, 0.5) is 4.39 Å². The number of aliphatic hydroxyl groups is 1. The number of phenols is 1. The first-order valence-corrected chi connectivity index (χ1v) is 9.30. The summed E-state index contributed by atoms with van der Waals surface area (Å²) in [5.41, 5.74) is 0.121. The smallest absolute Gasteiger partial charge is 0.295 e. The van der Waals surface area contributed by atoms with Gasteiger partial charge in [-0.3, -0.25) is 9.59 Å². The Labute approximate surface area is 173 Å². The fourth-order valence-electron chi connectivity index (χ4n) is 3.43. The summed E-state index contributed by atoms with van der Waals surface area (Å²) < 4.78 is 19.0. The third-order valence-corrected chi connectivity index (χ3v) is 4.95. The zero-order valence-electron chi connectivity index (χ0n) is 16.9. The van der Waals surface area contributed by atoms with Crippen LogP contribution in [0.15, 0.2) is 48.0 Å². The maximum atomic E-state index is 13.9. The summed E-state index contributed by atoms with van der Waals surface area (Å²) in [7, 11) is 5.07. The van der Waals surface area contributed by atoms with Gasteiger partial charge in [-0.2, -0.15) is 0 Å². The maximum Gasteiger partial charge on any atom is 0.295 e. The summed E-state index contributed by atoms with van der Waals surface area (Å²) in [5, 5.41) is 21.2. The fourth-order valence-corrected chi connectivity index (χ4v) is 3.43. The van der Waals surface area contributed by atoms with E-state index in [0.717, 1.165) is 0 Å². The van der Waals surface area contributed by atoms with Gasteiger partial charge in [0, 0.05) is 19.2 Å². The molecule has 0 aromatic heterocycles. The quantitative estimate of drug-likeness (QED) is 0.429. The van der Waals surface area contributed by atoms with Crippen molar-refractivity contribution in [2.75, 3.05) is 34.3 Å². The van der Waals surface area contributed by atoms with E-state index in [0.29, 0.717) is 17.9 Å². The Hall–Kier alpha value is -3.39. The van der Waals surface area contributed by atoms with Gasteiger partial charge < -0.3 is 24.7 Å². The Kier molecular flexibility index (Phi) is 6.07. The molecule has 2 N–H and O–H groups in total. The van der Waals surface area contributed by atoms with Crippen molar-refractivity contribution >= 4 is 17.4 Å². The van der Waals surface area contributed by atoms with Gasteiger partial charge in [-0.05, 0) is 43.9 Å². The number of carbonyl (C=O) groups excluding carboxylic acids is 2. The molecule has 1 saturated heterocycles. The number of aromatic hydroxyl groups is 1. The van der Waals surface area contributed by atoms with Gasteiger partial charge in [-0.15, -0.1) is 0 Å². The highest BCUT2D eigenvalue weighted by atomic mass is 19.1. The molecule has 1 aliphatic heterocycles. The Bertz CT molecular complexity index is 1020. The molecule has 8 heteroatoms. The summed E-state index contributed by atoms with van der Waals surface area (Å²) in [6.07, 6.45) is 0. The lowest BCUT2D eigenvalue weighted by atomic mass is 9.95. The number of hydrogen-bond acceptors (Lipinski definition) is 6. The topological polar surface area (TPSA) is 90.3 Å². The van der Waals surface area contributed by atoms with Gasteiger partial charge in [0.25, 0.3) is 11.7 Å². The SMILES string of the molecule is COc1ccc(C(O)=C2C(=O)C(=O)N(CCN(C)C)C2c2cccc(F)c2)c(O)c1. The number of rotatable bonds is 6. The molecule has 1 amide bonds. The molecule has 1 aliphatic rings. The first kappa shape index (κ1) is 21.3. The van der Waals surface area contributed by atoms with Crippen molar-refractivity contribution in [1.82, 2.24) is 9.80 Å². The number of amides is 1. The predicted octanol–water partition coefficient (Wildman–Crippen LogP) is 2.52. The minimum atomic E-state index is -0.984. The largest absolute Gasteiger partial charge is 0.507 e. The van der Waals surface area contributed by atoms with Crippen molar-refractivity contribution in [1.29, 1.82) is 0 Å². The third kappa shape index (κ3) is 3.99. The molecule has 2 aromatic carbocycles. The van der Waals surface area contributed by atoms with Gasteiger partial charge in [0.1, 0.15) is 23.1 Å². The van der Waals surface area contributed by atoms with Crippen molar-refractivity contribution in [3.05, 3.63) is 65.0 Å². The molecule has 30 heavy (non-hydrogen) atoms. The van der Waals surface area contributed by atoms with Gasteiger partial charge >= 0.3 is 0 Å². The van der Waals surface area contributed by atoms with Crippen LogP contribution < -0.4 is 4.74 Å². The van der Waals surface area contributed by atoms with E-state index < -0.39 is 29.3 Å². The zero-order valence-corrected chi connectivity index (χ0v) is 16.9. The van der Waals surface area contributed by atoms with Crippen molar-refractivity contribution in [2.24, 2.45) is 0 Å². The van der Waals surface area contributed by atoms with E-state index in [4.69, 9.17) is 4.74 Å². The number of ether oxygens (including phenoxy) is 1. The van der Waals surface area contributed by atoms with Crippen LogP contribution in [0.25, 0.3) is 5.76 Å². The van der Waals surface area contributed by atoms with Crippen molar-refractivity contribution < 1.29 is 28.9 Å². The second-order valence-electron chi connectivity index (χ2n) is 7.23. The van der Waals surface area contributed by atoms with Crippen LogP contribution in [0.5, 0.6) is 11.5 Å². The van der Waals surface area contributed by atoms with Crippen molar-refractivity contribution in [3.8, 4) is 11.5 Å². The number of phenolic OH excluding ortho intramolecular Hbond substituents is 1. The molecule has 7 nitrogen and oxygen atoms in total. The van der Waals surface area contributed by atoms with Gasteiger partial charge in [0.05, 0.1) is 24.3 Å². The lowest BCUT2D eigenvalue weighted by Gasteiger charge is -2.26. The van der Waals surface area contributed by atoms with E-state index in [1.807, 2.05) is 19.0 Å². The van der Waals surface area contributed by atoms with E-state index in [1.165, 1.54) is 48.4 Å². The van der Waals surface area contributed by atoms with Crippen LogP contribution in [0, 0.1) is 5.82 Å². The molecule has 0 aliphatic carbocycles. The fraction of sp³-hybridized carbons (Fsp3) is 0.273. The van der Waals surface area contributed by atoms with Crippen LogP contribution in [-0.2, 0) is 9.59 Å². The van der Waals surface area contributed by atoms with Crippen molar-refractivity contribution in [3.63, 3.8) is 0 Å². The van der Waals surface area contributed by atoms with E-state index in [9.17, 15) is 24.2 Å². The monoisotopic (exact) mass is 414 g/mol. The minimum Gasteiger partial charge on any atom is -0.507 e. The highest BCUT2D eigenvalue weighted by molar-refractivity contribution is 6.46. The maximum absolute atomic E-state index is 13.9. The molecule has 0 saturated carbocycles. The van der Waals surface area contributed by atoms with Crippen LogP contribution >= 0.6 is 0 Å². The van der Waals surface area contributed by atoms with Crippen LogP contribution in [0.1, 0.15) is 17.2 Å². The third-order valence-electron chi connectivity index (χ3n) is 4.95. The van der Waals surface area contributed by atoms with E-state index >= 15 is 0 Å². The molecule has 2 aromatic rings. The Morgan fingerprint density at radius 1 is 1.20 bits per heavy atom. The summed E-state index contributed by atoms with van der Waals surface area (Å²) in [4.78, 5) is 28.8. The van der Waals surface area contributed by atoms with Crippen molar-refractivity contribution in [2.45, 2.75) is 6.04 Å². The first-order chi connectivity index (χ1) is 14.2. The lowest BCUT2D eigenvalue weighted by Crippen LogP contribution is -2.35. The molecule has 1 heterocycles. The molecule has 3 rings (SSSR count). The molecule has 1 fully saturated rings. The van der Waals surface area contributed by atoms with Crippen LogP contribution in [-0.4, -0.2) is 66.0 Å². The number of methoxy groups -OCH3 is 1. The second kappa shape index (κ2) is 8.54. The number of aliphatic hydroxyl groups excluding tert-OH is 1. The minimum absolute atomic E-state index is 0.0252. The average molecular weight is 414 g/mol. The molecular weight excluding hydrogens is 391 g/mol. The lowest BCUT2D eigenvalue weighted by molar-refractivity contribution is -0.140. The highest BCUT2D eigenvalue weighted by Crippen LogP contribution is 2.41. The van der Waals surface area contributed by atoms with E-state index in [-0.39, 0.29) is 23.4 Å².